The van der Waals surface area contributed by atoms with Gasteiger partial charge in [0.15, 0.2) is 5.78 Å². The van der Waals surface area contributed by atoms with E-state index in [1.165, 1.54) is 0 Å². The molecule has 5 nitrogen and oxygen atoms in total. The van der Waals surface area contributed by atoms with Gasteiger partial charge in [0.05, 0.1) is 5.56 Å². The van der Waals surface area contributed by atoms with Crippen LogP contribution < -0.4 is 5.32 Å². The van der Waals surface area contributed by atoms with Crippen LogP contribution in [0.4, 0.5) is 0 Å². The van der Waals surface area contributed by atoms with Crippen LogP contribution in [0.3, 0.4) is 0 Å². The molecule has 1 amide bonds. The number of nitrogens with one attached hydrogen (secondary N) is 1. The van der Waals surface area contributed by atoms with Crippen molar-refractivity contribution in [2.75, 3.05) is 39.3 Å². The van der Waals surface area contributed by atoms with Crippen LogP contribution in [-0.4, -0.2) is 66.8 Å². The highest BCUT2D eigenvalue weighted by molar-refractivity contribution is 6.30. The Bertz CT molecular complexity index is 867. The highest BCUT2D eigenvalue weighted by atomic mass is 35.5. The number of ketones is 1. The van der Waals surface area contributed by atoms with Crippen molar-refractivity contribution in [1.82, 2.24) is 15.1 Å². The van der Waals surface area contributed by atoms with Crippen molar-refractivity contribution in [3.63, 3.8) is 0 Å². The number of halogens is 2. The van der Waals surface area contributed by atoms with Crippen molar-refractivity contribution in [2.45, 2.75) is 12.5 Å². The Labute approximate surface area is 182 Å². The van der Waals surface area contributed by atoms with Gasteiger partial charge >= 0.3 is 0 Å². The molecule has 0 aliphatic carbocycles. The summed E-state index contributed by atoms with van der Waals surface area (Å²) in [5.41, 5.74) is 1.45. The number of amides is 1. The maximum atomic E-state index is 13.2. The van der Waals surface area contributed by atoms with Crippen LogP contribution in [0.15, 0.2) is 48.5 Å². The highest BCUT2D eigenvalue weighted by Crippen LogP contribution is 2.22. The Balaban J connectivity index is 0.00000240. The third kappa shape index (κ3) is 4.81. The molecule has 0 saturated carbocycles. The summed E-state index contributed by atoms with van der Waals surface area (Å²) in [6.07, 6.45) is 0.985. The van der Waals surface area contributed by atoms with Crippen molar-refractivity contribution in [3.05, 3.63) is 70.2 Å². The number of carbonyl (C=O) groups excluding carboxylic acids is 2. The summed E-state index contributed by atoms with van der Waals surface area (Å²) in [5, 5.41) is 3.95. The van der Waals surface area contributed by atoms with Crippen LogP contribution in [0.2, 0.25) is 5.02 Å². The zero-order valence-electron chi connectivity index (χ0n) is 16.1. The zero-order chi connectivity index (χ0) is 19.5. The first-order chi connectivity index (χ1) is 13.6. The third-order valence-corrected chi connectivity index (χ3v) is 5.88. The van der Waals surface area contributed by atoms with Crippen LogP contribution in [-0.2, 0) is 0 Å². The Kier molecular flexibility index (Phi) is 7.30. The second-order valence-electron chi connectivity index (χ2n) is 7.36. The van der Waals surface area contributed by atoms with Gasteiger partial charge in [-0.15, -0.1) is 12.4 Å². The predicted octanol–water partition coefficient (Wildman–Crippen LogP) is 3.11. The normalized spacial score (nSPS) is 19.6. The molecule has 0 bridgehead atoms. The van der Waals surface area contributed by atoms with Crippen LogP contribution in [0, 0.1) is 0 Å². The zero-order valence-corrected chi connectivity index (χ0v) is 17.7. The fraction of sp³-hybridized carbons (Fsp3) is 0.364. The fourth-order valence-corrected chi connectivity index (χ4v) is 4.19. The molecule has 2 aromatic rings. The third-order valence-electron chi connectivity index (χ3n) is 5.63. The van der Waals surface area contributed by atoms with E-state index in [-0.39, 0.29) is 24.1 Å². The lowest BCUT2D eigenvalue weighted by Crippen LogP contribution is -2.49. The highest BCUT2D eigenvalue weighted by Gasteiger charge is 2.32. The van der Waals surface area contributed by atoms with Gasteiger partial charge in [-0.3, -0.25) is 14.5 Å². The number of carbonyl (C=O) groups is 2. The topological polar surface area (TPSA) is 52.7 Å². The molecule has 1 N–H and O–H groups in total. The summed E-state index contributed by atoms with van der Waals surface area (Å²) in [6, 6.07) is 14.3. The molecule has 1 unspecified atom stereocenters. The van der Waals surface area contributed by atoms with Crippen molar-refractivity contribution >= 4 is 35.7 Å². The first kappa shape index (κ1) is 21.8. The second-order valence-corrected chi connectivity index (χ2v) is 7.80. The minimum atomic E-state index is -0.154. The molecule has 29 heavy (non-hydrogen) atoms. The minimum Gasteiger partial charge on any atom is -0.337 e. The molecule has 0 spiro atoms. The van der Waals surface area contributed by atoms with Crippen LogP contribution >= 0.6 is 24.0 Å². The Morgan fingerprint density at radius 1 is 0.931 bits per heavy atom. The van der Waals surface area contributed by atoms with Gasteiger partial charge in [0.25, 0.3) is 5.91 Å². The van der Waals surface area contributed by atoms with Crippen molar-refractivity contribution in [2.24, 2.45) is 0 Å². The first-order valence-corrected chi connectivity index (χ1v) is 10.1. The molecule has 2 aromatic carbocycles. The number of likely N-dealkylation sites (tertiary alicyclic amines) is 1. The molecular weight excluding hydrogens is 409 g/mol. The average molecular weight is 434 g/mol. The van der Waals surface area contributed by atoms with Crippen molar-refractivity contribution in [1.29, 1.82) is 0 Å². The summed E-state index contributed by atoms with van der Waals surface area (Å²) in [6.45, 7) is 5.52. The van der Waals surface area contributed by atoms with Gasteiger partial charge in [0, 0.05) is 61.5 Å². The van der Waals surface area contributed by atoms with E-state index in [9.17, 15) is 9.59 Å². The van der Waals surface area contributed by atoms with Gasteiger partial charge < -0.3 is 10.2 Å². The second kappa shape index (κ2) is 9.72. The number of rotatable bonds is 4. The maximum Gasteiger partial charge on any atom is 0.254 e. The van der Waals surface area contributed by atoms with Crippen LogP contribution in [0.25, 0.3) is 0 Å². The smallest absolute Gasteiger partial charge is 0.254 e. The van der Waals surface area contributed by atoms with Gasteiger partial charge in [-0.2, -0.15) is 0 Å². The molecular formula is C22H25Cl2N3O2. The van der Waals surface area contributed by atoms with Gasteiger partial charge in [0.1, 0.15) is 0 Å². The molecule has 4 rings (SSSR count). The molecule has 7 heteroatoms. The van der Waals surface area contributed by atoms with Gasteiger partial charge in [0.2, 0.25) is 0 Å². The molecule has 0 aromatic heterocycles. The number of hydrogen-bond acceptors (Lipinski definition) is 4. The van der Waals surface area contributed by atoms with Crippen LogP contribution in [0.1, 0.15) is 32.7 Å². The molecule has 154 valence electrons. The standard InChI is InChI=1S/C22H24ClN3O2.ClH/c23-17-7-5-16(6-8-17)21(27)19-3-1-2-4-20(19)22(28)26-12-9-18(15-26)25-13-10-24-11-14-25;/h1-8,18,24H,9-15H2;1H. The van der Waals surface area contributed by atoms with Gasteiger partial charge in [-0.05, 0) is 36.8 Å². The van der Waals surface area contributed by atoms with E-state index < -0.39 is 0 Å². The molecule has 2 aliphatic heterocycles. The maximum absolute atomic E-state index is 13.2. The van der Waals surface area contributed by atoms with E-state index in [0.717, 1.165) is 45.7 Å². The van der Waals surface area contributed by atoms with E-state index in [1.54, 1.807) is 42.5 Å². The number of piperazine rings is 1. The van der Waals surface area contributed by atoms with Crippen molar-refractivity contribution in [3.8, 4) is 0 Å². The lowest BCUT2D eigenvalue weighted by atomic mass is 9.97. The summed E-state index contributed by atoms with van der Waals surface area (Å²) >= 11 is 5.93. The molecule has 2 fully saturated rings. The largest absolute Gasteiger partial charge is 0.337 e. The van der Waals surface area contributed by atoms with E-state index in [0.29, 0.717) is 27.8 Å². The SMILES string of the molecule is Cl.O=C(c1ccc(Cl)cc1)c1ccccc1C(=O)N1CCC(N2CCNCC2)C1. The summed E-state index contributed by atoms with van der Waals surface area (Å²) in [7, 11) is 0. The van der Waals surface area contributed by atoms with Gasteiger partial charge in [-0.25, -0.2) is 0 Å². The minimum absolute atomic E-state index is 0. The van der Waals surface area contributed by atoms with E-state index in [1.807, 2.05) is 11.0 Å². The van der Waals surface area contributed by atoms with E-state index in [4.69, 9.17) is 11.6 Å². The monoisotopic (exact) mass is 433 g/mol. The van der Waals surface area contributed by atoms with E-state index in [2.05, 4.69) is 10.2 Å². The number of benzene rings is 2. The van der Waals surface area contributed by atoms with E-state index >= 15 is 0 Å². The molecule has 2 heterocycles. The average Bonchev–Trinajstić information content (AvgIpc) is 3.24. The summed E-state index contributed by atoms with van der Waals surface area (Å²) in [5.74, 6) is -0.214. The van der Waals surface area contributed by atoms with Crippen molar-refractivity contribution < 1.29 is 9.59 Å². The first-order valence-electron chi connectivity index (χ1n) is 9.77. The number of nitrogens with zero attached hydrogens (tertiary/aromatic N) is 2. The Hall–Kier alpha value is -1.92. The van der Waals surface area contributed by atoms with Gasteiger partial charge in [-0.1, -0.05) is 29.8 Å². The predicted molar refractivity (Wildman–Crippen MR) is 117 cm³/mol. The lowest BCUT2D eigenvalue weighted by molar-refractivity contribution is 0.0769. The van der Waals surface area contributed by atoms with Crippen LogP contribution in [0.5, 0.6) is 0 Å². The molecule has 0 radical (unpaired) electrons. The molecule has 2 saturated heterocycles. The number of hydrogen-bond donors (Lipinski definition) is 1. The fourth-order valence-electron chi connectivity index (χ4n) is 4.07. The lowest BCUT2D eigenvalue weighted by Gasteiger charge is -2.32. The molecule has 1 atom stereocenters. The summed E-state index contributed by atoms with van der Waals surface area (Å²) in [4.78, 5) is 30.5. The summed E-state index contributed by atoms with van der Waals surface area (Å²) < 4.78 is 0. The molecule has 2 aliphatic rings. The Morgan fingerprint density at radius 2 is 1.59 bits per heavy atom. The Morgan fingerprint density at radius 3 is 2.28 bits per heavy atom. The quantitative estimate of drug-likeness (QED) is 0.752.